The molecule has 0 fully saturated rings. The van der Waals surface area contributed by atoms with E-state index in [1.165, 1.54) is 29.7 Å². The Balaban J connectivity index is 2.16. The van der Waals surface area contributed by atoms with E-state index in [1.54, 1.807) is 0 Å². The van der Waals surface area contributed by atoms with Crippen molar-refractivity contribution < 1.29 is 8.42 Å². The predicted molar refractivity (Wildman–Crippen MR) is 69.5 cm³/mol. The van der Waals surface area contributed by atoms with Crippen molar-refractivity contribution in [2.24, 2.45) is 0 Å². The van der Waals surface area contributed by atoms with Crippen molar-refractivity contribution in [1.29, 1.82) is 0 Å². The number of thiazole rings is 1. The highest BCUT2D eigenvalue weighted by atomic mass is 32.2. The van der Waals surface area contributed by atoms with Crippen LogP contribution in [0.1, 0.15) is 10.7 Å². The summed E-state index contributed by atoms with van der Waals surface area (Å²) in [4.78, 5) is 7.91. The number of aromatic nitrogens is 2. The second-order valence-corrected chi connectivity index (χ2v) is 6.27. The third-order valence-corrected chi connectivity index (χ3v) is 4.58. The number of nitrogen functional groups attached to an aromatic ring is 1. The second kappa shape index (κ2) is 5.01. The minimum absolute atomic E-state index is 0.0136. The van der Waals surface area contributed by atoms with Crippen LogP contribution in [0.5, 0.6) is 0 Å². The smallest absolute Gasteiger partial charge is 0.244 e. The first-order valence-electron chi connectivity index (χ1n) is 5.10. The minimum Gasteiger partial charge on any atom is -0.383 e. The lowest BCUT2D eigenvalue weighted by atomic mass is 10.5. The molecule has 2 heterocycles. The molecule has 0 spiro atoms. The molecule has 0 aliphatic rings. The normalized spacial score (nSPS) is 11.6. The van der Waals surface area contributed by atoms with Crippen molar-refractivity contribution in [3.05, 3.63) is 34.4 Å². The Hall–Kier alpha value is -1.51. The molecule has 6 nitrogen and oxygen atoms in total. The zero-order valence-corrected chi connectivity index (χ0v) is 11.3. The van der Waals surface area contributed by atoms with E-state index in [1.807, 2.05) is 12.3 Å². The van der Waals surface area contributed by atoms with Crippen LogP contribution >= 0.6 is 11.3 Å². The molecule has 0 aliphatic heterocycles. The Bertz CT molecular complexity index is 651. The third kappa shape index (κ3) is 2.84. The van der Waals surface area contributed by atoms with Gasteiger partial charge in [0.05, 0.1) is 6.54 Å². The lowest BCUT2D eigenvalue weighted by Crippen LogP contribution is -2.24. The van der Waals surface area contributed by atoms with Crippen LogP contribution < -0.4 is 10.5 Å². The van der Waals surface area contributed by atoms with E-state index in [0.29, 0.717) is 5.01 Å². The predicted octanol–water partition coefficient (Wildman–Crippen LogP) is 0.907. The molecule has 0 amide bonds. The molecular formula is C10H12N4O2S2. The number of nitrogens with two attached hydrogens (primary N) is 1. The average molecular weight is 284 g/mol. The molecule has 0 aliphatic carbocycles. The summed E-state index contributed by atoms with van der Waals surface area (Å²) in [6, 6.07) is 2.94. The van der Waals surface area contributed by atoms with Gasteiger partial charge in [-0.25, -0.2) is 23.1 Å². The summed E-state index contributed by atoms with van der Waals surface area (Å²) in [5, 5.41) is 2.57. The Morgan fingerprint density at radius 2 is 2.28 bits per heavy atom. The number of nitrogens with one attached hydrogen (secondary N) is 1. The van der Waals surface area contributed by atoms with Gasteiger partial charge in [-0.3, -0.25) is 0 Å². The number of aryl methyl sites for hydroxylation is 1. The van der Waals surface area contributed by atoms with E-state index in [9.17, 15) is 8.42 Å². The van der Waals surface area contributed by atoms with E-state index in [4.69, 9.17) is 5.73 Å². The van der Waals surface area contributed by atoms with Gasteiger partial charge < -0.3 is 5.73 Å². The van der Waals surface area contributed by atoms with Crippen molar-refractivity contribution in [2.45, 2.75) is 18.4 Å². The van der Waals surface area contributed by atoms with Gasteiger partial charge in [0.2, 0.25) is 10.0 Å². The summed E-state index contributed by atoms with van der Waals surface area (Å²) < 4.78 is 26.4. The van der Waals surface area contributed by atoms with Crippen molar-refractivity contribution in [2.75, 3.05) is 5.73 Å². The van der Waals surface area contributed by atoms with Gasteiger partial charge in [-0.2, -0.15) is 0 Å². The van der Waals surface area contributed by atoms with Gasteiger partial charge in [0.25, 0.3) is 0 Å². The molecule has 8 heteroatoms. The zero-order chi connectivity index (χ0) is 13.2. The Morgan fingerprint density at radius 3 is 2.89 bits per heavy atom. The van der Waals surface area contributed by atoms with Crippen molar-refractivity contribution >= 4 is 27.2 Å². The molecule has 0 atom stereocenters. The number of nitrogens with zero attached hydrogens (tertiary/aromatic N) is 2. The van der Waals surface area contributed by atoms with Crippen LogP contribution in [0.25, 0.3) is 0 Å². The van der Waals surface area contributed by atoms with Gasteiger partial charge in [0.1, 0.15) is 15.7 Å². The summed E-state index contributed by atoms with van der Waals surface area (Å²) in [5.41, 5.74) is 6.41. The summed E-state index contributed by atoms with van der Waals surface area (Å²) >= 11 is 1.40. The first kappa shape index (κ1) is 12.9. The first-order valence-corrected chi connectivity index (χ1v) is 7.46. The quantitative estimate of drug-likeness (QED) is 0.869. The van der Waals surface area contributed by atoms with Gasteiger partial charge in [0, 0.05) is 17.3 Å². The average Bonchev–Trinajstić information content (AvgIpc) is 2.73. The maximum Gasteiger partial charge on any atom is 0.244 e. The van der Waals surface area contributed by atoms with Crippen LogP contribution in [0.2, 0.25) is 0 Å². The SMILES string of the molecule is Cc1csc(CNS(=O)(=O)c2cccnc2N)n1. The Kier molecular flexibility index (Phi) is 3.60. The zero-order valence-electron chi connectivity index (χ0n) is 9.62. The van der Waals surface area contributed by atoms with Crippen molar-refractivity contribution in [1.82, 2.24) is 14.7 Å². The molecule has 0 bridgehead atoms. The number of anilines is 1. The van der Waals surface area contributed by atoms with E-state index in [-0.39, 0.29) is 17.3 Å². The second-order valence-electron chi connectivity index (χ2n) is 3.59. The highest BCUT2D eigenvalue weighted by Crippen LogP contribution is 2.15. The number of rotatable bonds is 4. The largest absolute Gasteiger partial charge is 0.383 e. The van der Waals surface area contributed by atoms with Crippen molar-refractivity contribution in [3.8, 4) is 0 Å². The van der Waals surface area contributed by atoms with Crippen LogP contribution in [-0.2, 0) is 16.6 Å². The van der Waals surface area contributed by atoms with Gasteiger partial charge in [-0.1, -0.05) is 0 Å². The molecule has 2 aromatic heterocycles. The molecule has 0 aromatic carbocycles. The lowest BCUT2D eigenvalue weighted by Gasteiger charge is -2.06. The topological polar surface area (TPSA) is 98.0 Å². The fourth-order valence-electron chi connectivity index (χ4n) is 1.35. The molecule has 2 aromatic rings. The van der Waals surface area contributed by atoms with Crippen molar-refractivity contribution in [3.63, 3.8) is 0 Å². The van der Waals surface area contributed by atoms with Crippen LogP contribution in [-0.4, -0.2) is 18.4 Å². The summed E-state index contributed by atoms with van der Waals surface area (Å²) in [6.45, 7) is 2.00. The molecule has 96 valence electrons. The Morgan fingerprint density at radius 1 is 1.50 bits per heavy atom. The van der Waals surface area contributed by atoms with Gasteiger partial charge >= 0.3 is 0 Å². The van der Waals surface area contributed by atoms with E-state index >= 15 is 0 Å². The number of hydrogen-bond acceptors (Lipinski definition) is 6. The number of pyridine rings is 1. The molecule has 3 N–H and O–H groups in total. The van der Waals surface area contributed by atoms with E-state index in [2.05, 4.69) is 14.7 Å². The van der Waals surface area contributed by atoms with Crippen LogP contribution in [0.15, 0.2) is 28.6 Å². The lowest BCUT2D eigenvalue weighted by molar-refractivity contribution is 0.581. The van der Waals surface area contributed by atoms with Crippen LogP contribution in [0, 0.1) is 6.92 Å². The molecule has 0 saturated heterocycles. The first-order chi connectivity index (χ1) is 8.49. The fraction of sp³-hybridized carbons (Fsp3) is 0.200. The highest BCUT2D eigenvalue weighted by molar-refractivity contribution is 7.89. The molecule has 18 heavy (non-hydrogen) atoms. The Labute approximate surface area is 109 Å². The van der Waals surface area contributed by atoms with Gasteiger partial charge in [-0.15, -0.1) is 11.3 Å². The summed E-state index contributed by atoms with van der Waals surface area (Å²) in [6.07, 6.45) is 1.44. The third-order valence-electron chi connectivity index (χ3n) is 2.17. The monoisotopic (exact) mass is 284 g/mol. The molecule has 2 rings (SSSR count). The van der Waals surface area contributed by atoms with E-state index in [0.717, 1.165) is 5.69 Å². The highest BCUT2D eigenvalue weighted by Gasteiger charge is 2.17. The molecule has 0 saturated carbocycles. The molecule has 0 unspecified atom stereocenters. The molecular weight excluding hydrogens is 272 g/mol. The van der Waals surface area contributed by atoms with Gasteiger partial charge in [-0.05, 0) is 19.1 Å². The maximum absolute atomic E-state index is 12.0. The summed E-state index contributed by atoms with van der Waals surface area (Å²) in [7, 11) is -3.65. The maximum atomic E-state index is 12.0. The molecule has 0 radical (unpaired) electrons. The van der Waals surface area contributed by atoms with Crippen LogP contribution in [0.4, 0.5) is 5.82 Å². The fourth-order valence-corrected chi connectivity index (χ4v) is 3.22. The number of hydrogen-bond donors (Lipinski definition) is 2. The standard InChI is InChI=1S/C10H12N4O2S2/c1-7-6-17-9(14-7)5-13-18(15,16)8-3-2-4-12-10(8)11/h2-4,6,13H,5H2,1H3,(H2,11,12). The number of sulfonamides is 1. The van der Waals surface area contributed by atoms with Gasteiger partial charge in [0.15, 0.2) is 0 Å². The minimum atomic E-state index is -3.65. The van der Waals surface area contributed by atoms with E-state index < -0.39 is 10.0 Å². The van der Waals surface area contributed by atoms with Crippen LogP contribution in [0.3, 0.4) is 0 Å². The summed E-state index contributed by atoms with van der Waals surface area (Å²) in [5.74, 6) is -0.0136.